The van der Waals surface area contributed by atoms with Crippen molar-refractivity contribution in [2.45, 2.75) is 37.6 Å². The number of benzene rings is 2. The van der Waals surface area contributed by atoms with E-state index in [-0.39, 0.29) is 17.3 Å². The van der Waals surface area contributed by atoms with E-state index in [0.717, 1.165) is 36.2 Å². The summed E-state index contributed by atoms with van der Waals surface area (Å²) in [5.74, 6) is -0.246. The van der Waals surface area contributed by atoms with E-state index in [1.165, 1.54) is 0 Å². The highest BCUT2D eigenvalue weighted by molar-refractivity contribution is 7.89. The number of nitrogens with one attached hydrogen (secondary N) is 1. The Labute approximate surface area is 182 Å². The second-order valence-corrected chi connectivity index (χ2v) is 9.62. The summed E-state index contributed by atoms with van der Waals surface area (Å²) in [6, 6.07) is 16.4. The number of para-hydroxylation sites is 1. The number of rotatable bonds is 6. The van der Waals surface area contributed by atoms with Gasteiger partial charge in [-0.3, -0.25) is 4.79 Å². The Bertz CT molecular complexity index is 1170. The maximum atomic E-state index is 12.9. The first-order valence-corrected chi connectivity index (χ1v) is 11.9. The predicted molar refractivity (Wildman–Crippen MR) is 119 cm³/mol. The van der Waals surface area contributed by atoms with Crippen molar-refractivity contribution in [3.63, 3.8) is 0 Å². The number of piperidine rings is 1. The van der Waals surface area contributed by atoms with E-state index in [9.17, 15) is 13.2 Å². The van der Waals surface area contributed by atoms with E-state index >= 15 is 0 Å². The highest BCUT2D eigenvalue weighted by Gasteiger charge is 2.26. The van der Waals surface area contributed by atoms with Crippen LogP contribution in [0.4, 0.5) is 0 Å². The molecule has 162 valence electrons. The smallest absolute Gasteiger partial charge is 0.255 e. The Morgan fingerprint density at radius 2 is 1.77 bits per heavy atom. The fourth-order valence-electron chi connectivity index (χ4n) is 3.81. The summed E-state index contributed by atoms with van der Waals surface area (Å²) < 4.78 is 29.1. The minimum Gasteiger partial charge on any atom is -0.348 e. The van der Waals surface area contributed by atoms with Crippen molar-refractivity contribution in [3.8, 4) is 5.69 Å². The maximum absolute atomic E-state index is 12.9. The number of sulfonamides is 1. The van der Waals surface area contributed by atoms with E-state index in [2.05, 4.69) is 10.4 Å². The summed E-state index contributed by atoms with van der Waals surface area (Å²) in [5, 5.41) is 7.21. The van der Waals surface area contributed by atoms with E-state index in [1.54, 1.807) is 33.4 Å². The zero-order valence-corrected chi connectivity index (χ0v) is 18.3. The Kier molecular flexibility index (Phi) is 6.20. The Balaban J connectivity index is 1.46. The van der Waals surface area contributed by atoms with Crippen molar-refractivity contribution in [1.29, 1.82) is 0 Å². The topological polar surface area (TPSA) is 84.3 Å². The first-order valence-electron chi connectivity index (χ1n) is 10.4. The SMILES string of the molecule is Cc1c(C(=O)NCc2cccc(S(=O)(=O)N3CCCCC3)c2)cnn1-c1ccccc1. The van der Waals surface area contributed by atoms with Gasteiger partial charge in [0.15, 0.2) is 0 Å². The van der Waals surface area contributed by atoms with Crippen LogP contribution >= 0.6 is 0 Å². The van der Waals surface area contributed by atoms with Crippen LogP contribution in [0.15, 0.2) is 65.7 Å². The van der Waals surface area contributed by atoms with Crippen LogP contribution in [0.1, 0.15) is 40.9 Å². The van der Waals surface area contributed by atoms with Crippen LogP contribution in [0.3, 0.4) is 0 Å². The van der Waals surface area contributed by atoms with Crippen LogP contribution in [0, 0.1) is 6.92 Å². The lowest BCUT2D eigenvalue weighted by molar-refractivity contribution is 0.0950. The van der Waals surface area contributed by atoms with Crippen LogP contribution in [0.5, 0.6) is 0 Å². The molecule has 7 nitrogen and oxygen atoms in total. The molecule has 0 saturated carbocycles. The quantitative estimate of drug-likeness (QED) is 0.640. The molecule has 31 heavy (non-hydrogen) atoms. The number of aromatic nitrogens is 2. The summed E-state index contributed by atoms with van der Waals surface area (Å²) in [6.45, 7) is 3.21. The highest BCUT2D eigenvalue weighted by atomic mass is 32.2. The van der Waals surface area contributed by atoms with Gasteiger partial charge in [-0.2, -0.15) is 9.40 Å². The lowest BCUT2D eigenvalue weighted by Gasteiger charge is -2.26. The number of carbonyl (C=O) groups excluding carboxylic acids is 1. The monoisotopic (exact) mass is 438 g/mol. The molecule has 1 aromatic heterocycles. The van der Waals surface area contributed by atoms with Gasteiger partial charge in [-0.05, 0) is 49.6 Å². The summed E-state index contributed by atoms with van der Waals surface area (Å²) in [4.78, 5) is 13.0. The van der Waals surface area contributed by atoms with E-state index in [1.807, 2.05) is 43.3 Å². The van der Waals surface area contributed by atoms with Gasteiger partial charge in [-0.15, -0.1) is 0 Å². The highest BCUT2D eigenvalue weighted by Crippen LogP contribution is 2.21. The third-order valence-electron chi connectivity index (χ3n) is 5.56. The summed E-state index contributed by atoms with van der Waals surface area (Å²) in [7, 11) is -3.50. The van der Waals surface area contributed by atoms with Crippen molar-refractivity contribution in [2.24, 2.45) is 0 Å². The third kappa shape index (κ3) is 4.55. The van der Waals surface area contributed by atoms with E-state index < -0.39 is 10.0 Å². The van der Waals surface area contributed by atoms with E-state index in [4.69, 9.17) is 0 Å². The van der Waals surface area contributed by atoms with Gasteiger partial charge >= 0.3 is 0 Å². The molecule has 0 spiro atoms. The van der Waals surface area contributed by atoms with Crippen molar-refractivity contribution in [3.05, 3.63) is 77.6 Å². The number of hydrogen-bond acceptors (Lipinski definition) is 4. The molecule has 1 N–H and O–H groups in total. The molecule has 1 amide bonds. The molecule has 0 radical (unpaired) electrons. The Hall–Kier alpha value is -2.97. The summed E-state index contributed by atoms with van der Waals surface area (Å²) in [6.07, 6.45) is 4.41. The Morgan fingerprint density at radius 1 is 1.03 bits per heavy atom. The van der Waals surface area contributed by atoms with Crippen molar-refractivity contribution >= 4 is 15.9 Å². The molecule has 2 heterocycles. The van der Waals surface area contributed by atoms with Gasteiger partial charge in [0.2, 0.25) is 10.0 Å². The molecule has 1 aliphatic heterocycles. The average molecular weight is 439 g/mol. The summed E-state index contributed by atoms with van der Waals surface area (Å²) >= 11 is 0. The van der Waals surface area contributed by atoms with Crippen molar-refractivity contribution in [2.75, 3.05) is 13.1 Å². The normalized spacial score (nSPS) is 15.0. The number of hydrogen-bond donors (Lipinski definition) is 1. The first-order chi connectivity index (χ1) is 15.0. The van der Waals surface area contributed by atoms with Gasteiger partial charge in [0.05, 0.1) is 28.0 Å². The number of nitrogens with zero attached hydrogens (tertiary/aromatic N) is 3. The minimum atomic E-state index is -3.50. The fraction of sp³-hybridized carbons (Fsp3) is 0.304. The molecule has 8 heteroatoms. The van der Waals surface area contributed by atoms with Crippen LogP contribution < -0.4 is 5.32 Å². The van der Waals surface area contributed by atoms with Crippen LogP contribution in [0.25, 0.3) is 5.69 Å². The molecule has 1 saturated heterocycles. The molecular weight excluding hydrogens is 412 g/mol. The lowest BCUT2D eigenvalue weighted by atomic mass is 10.2. The average Bonchev–Trinajstić information content (AvgIpc) is 3.20. The van der Waals surface area contributed by atoms with Gasteiger partial charge in [0.25, 0.3) is 5.91 Å². The van der Waals surface area contributed by atoms with Gasteiger partial charge in [-0.1, -0.05) is 36.8 Å². The van der Waals surface area contributed by atoms with Crippen LogP contribution in [-0.4, -0.2) is 41.5 Å². The third-order valence-corrected chi connectivity index (χ3v) is 7.45. The zero-order chi connectivity index (χ0) is 21.8. The molecular formula is C23H26N4O3S. The zero-order valence-electron chi connectivity index (χ0n) is 17.5. The van der Waals surface area contributed by atoms with Gasteiger partial charge in [-0.25, -0.2) is 13.1 Å². The van der Waals surface area contributed by atoms with E-state index in [0.29, 0.717) is 18.7 Å². The van der Waals surface area contributed by atoms with Crippen molar-refractivity contribution in [1.82, 2.24) is 19.4 Å². The van der Waals surface area contributed by atoms with Gasteiger partial charge in [0.1, 0.15) is 0 Å². The van der Waals surface area contributed by atoms with Gasteiger partial charge in [0, 0.05) is 19.6 Å². The van der Waals surface area contributed by atoms with Crippen LogP contribution in [0.2, 0.25) is 0 Å². The molecule has 1 fully saturated rings. The van der Waals surface area contributed by atoms with Gasteiger partial charge < -0.3 is 5.32 Å². The molecule has 0 bridgehead atoms. The molecule has 0 atom stereocenters. The second kappa shape index (κ2) is 9.03. The molecule has 0 aliphatic carbocycles. The molecule has 4 rings (SSSR count). The lowest BCUT2D eigenvalue weighted by Crippen LogP contribution is -2.35. The number of carbonyl (C=O) groups is 1. The molecule has 3 aromatic rings. The molecule has 0 unspecified atom stereocenters. The largest absolute Gasteiger partial charge is 0.348 e. The Morgan fingerprint density at radius 3 is 2.52 bits per heavy atom. The van der Waals surface area contributed by atoms with Crippen molar-refractivity contribution < 1.29 is 13.2 Å². The standard InChI is InChI=1S/C23H26N4O3S/c1-18-22(17-25-27(18)20-10-4-2-5-11-20)23(28)24-16-19-9-8-12-21(15-19)31(29,30)26-13-6-3-7-14-26/h2,4-5,8-12,15,17H,3,6-7,13-14,16H2,1H3,(H,24,28). The summed E-state index contributed by atoms with van der Waals surface area (Å²) in [5.41, 5.74) is 2.85. The maximum Gasteiger partial charge on any atom is 0.255 e. The van der Waals surface area contributed by atoms with Crippen LogP contribution in [-0.2, 0) is 16.6 Å². The predicted octanol–water partition coefficient (Wildman–Crippen LogP) is 3.29. The first kappa shape index (κ1) is 21.3. The molecule has 2 aromatic carbocycles. The second-order valence-electron chi connectivity index (χ2n) is 7.69. The minimum absolute atomic E-state index is 0.234. The molecule has 1 aliphatic rings. The fourth-order valence-corrected chi connectivity index (χ4v) is 5.40. The number of amides is 1.